The van der Waals surface area contributed by atoms with E-state index >= 15 is 0 Å². The molecule has 1 aromatic rings. The molecule has 4 heteroatoms. The van der Waals surface area contributed by atoms with Gasteiger partial charge >= 0.3 is 0 Å². The van der Waals surface area contributed by atoms with Crippen molar-refractivity contribution in [2.24, 2.45) is 5.92 Å². The first-order chi connectivity index (χ1) is 10.0. The molecular formula is C17H26N2O2. The molecule has 0 bridgehead atoms. The van der Waals surface area contributed by atoms with Crippen LogP contribution in [0.4, 0.5) is 0 Å². The summed E-state index contributed by atoms with van der Waals surface area (Å²) in [5.74, 6) is 0.476. The molecule has 2 atom stereocenters. The summed E-state index contributed by atoms with van der Waals surface area (Å²) in [7, 11) is 3.61. The zero-order valence-electron chi connectivity index (χ0n) is 13.2. The second-order valence-electron chi connectivity index (χ2n) is 6.16. The van der Waals surface area contributed by atoms with Crippen molar-refractivity contribution < 1.29 is 9.90 Å². The maximum Gasteiger partial charge on any atom is 0.244 e. The van der Waals surface area contributed by atoms with Crippen LogP contribution in [-0.4, -0.2) is 54.1 Å². The van der Waals surface area contributed by atoms with Crippen molar-refractivity contribution in [3.8, 4) is 0 Å². The monoisotopic (exact) mass is 290 g/mol. The number of benzene rings is 1. The van der Waals surface area contributed by atoms with Gasteiger partial charge in [-0.15, -0.1) is 0 Å². The van der Waals surface area contributed by atoms with Gasteiger partial charge < -0.3 is 10.0 Å². The number of carbonyl (C=O) groups is 1. The van der Waals surface area contributed by atoms with Gasteiger partial charge in [0.05, 0.1) is 6.10 Å². The highest BCUT2D eigenvalue weighted by atomic mass is 16.3. The van der Waals surface area contributed by atoms with Crippen LogP contribution in [0.3, 0.4) is 0 Å². The van der Waals surface area contributed by atoms with Gasteiger partial charge in [0.2, 0.25) is 5.91 Å². The molecule has 0 spiro atoms. The van der Waals surface area contributed by atoms with Crippen LogP contribution >= 0.6 is 0 Å². The largest absolute Gasteiger partial charge is 0.393 e. The summed E-state index contributed by atoms with van der Waals surface area (Å²) in [4.78, 5) is 16.5. The summed E-state index contributed by atoms with van der Waals surface area (Å²) < 4.78 is 0. The van der Waals surface area contributed by atoms with Crippen LogP contribution in [0, 0.1) is 5.92 Å². The SMILES string of the molecule is CC(O)C1CCN(C(C(=O)N(C)C)c2ccccc2)CC1. The van der Waals surface area contributed by atoms with E-state index < -0.39 is 0 Å². The minimum absolute atomic E-state index is 0.122. The normalized spacial score (nSPS) is 20.0. The van der Waals surface area contributed by atoms with Crippen LogP contribution < -0.4 is 0 Å². The minimum atomic E-state index is -0.258. The number of aliphatic hydroxyl groups excluding tert-OH is 1. The van der Waals surface area contributed by atoms with Crippen molar-refractivity contribution >= 4 is 5.91 Å². The molecule has 2 rings (SSSR count). The van der Waals surface area contributed by atoms with Crippen LogP contribution in [0.1, 0.15) is 31.4 Å². The highest BCUT2D eigenvalue weighted by Crippen LogP contribution is 2.29. The molecule has 0 aromatic heterocycles. The molecule has 1 amide bonds. The second kappa shape index (κ2) is 7.05. The Labute approximate surface area is 127 Å². The fraction of sp³-hybridized carbons (Fsp3) is 0.588. The molecule has 1 aliphatic heterocycles. The van der Waals surface area contributed by atoms with E-state index in [1.807, 2.05) is 37.3 Å². The first kappa shape index (κ1) is 16.0. The number of aliphatic hydroxyl groups is 1. The number of nitrogens with zero attached hydrogens (tertiary/aromatic N) is 2. The smallest absolute Gasteiger partial charge is 0.244 e. The van der Waals surface area contributed by atoms with E-state index in [0.29, 0.717) is 5.92 Å². The molecule has 0 aliphatic carbocycles. The lowest BCUT2D eigenvalue weighted by atomic mass is 9.90. The summed E-state index contributed by atoms with van der Waals surface area (Å²) in [5.41, 5.74) is 1.05. The molecule has 2 unspecified atom stereocenters. The molecule has 4 nitrogen and oxygen atoms in total. The summed E-state index contributed by atoms with van der Waals surface area (Å²) >= 11 is 0. The third-order valence-corrected chi connectivity index (χ3v) is 4.41. The maximum absolute atomic E-state index is 12.6. The van der Waals surface area contributed by atoms with Crippen molar-refractivity contribution in [2.45, 2.75) is 31.9 Å². The third-order valence-electron chi connectivity index (χ3n) is 4.41. The van der Waals surface area contributed by atoms with Crippen LogP contribution in [0.25, 0.3) is 0 Å². The van der Waals surface area contributed by atoms with Gasteiger partial charge in [0.25, 0.3) is 0 Å². The van der Waals surface area contributed by atoms with E-state index in [4.69, 9.17) is 0 Å². The predicted molar refractivity (Wildman–Crippen MR) is 83.9 cm³/mol. The average Bonchev–Trinajstić information content (AvgIpc) is 2.49. The van der Waals surface area contributed by atoms with Crippen molar-refractivity contribution in [3.05, 3.63) is 35.9 Å². The van der Waals surface area contributed by atoms with Crippen LogP contribution in [0.15, 0.2) is 30.3 Å². The van der Waals surface area contributed by atoms with Gasteiger partial charge in [0.15, 0.2) is 0 Å². The fourth-order valence-corrected chi connectivity index (χ4v) is 3.05. The lowest BCUT2D eigenvalue weighted by Gasteiger charge is -2.38. The third kappa shape index (κ3) is 3.83. The van der Waals surface area contributed by atoms with Crippen molar-refractivity contribution in [1.29, 1.82) is 0 Å². The number of hydrogen-bond donors (Lipinski definition) is 1. The lowest BCUT2D eigenvalue weighted by Crippen LogP contribution is -2.45. The first-order valence-electron chi connectivity index (χ1n) is 7.69. The molecule has 1 aliphatic rings. The van der Waals surface area contributed by atoms with Gasteiger partial charge in [0, 0.05) is 14.1 Å². The first-order valence-corrected chi connectivity index (χ1v) is 7.69. The van der Waals surface area contributed by atoms with Crippen molar-refractivity contribution in [3.63, 3.8) is 0 Å². The topological polar surface area (TPSA) is 43.8 Å². The van der Waals surface area contributed by atoms with Crippen molar-refractivity contribution in [1.82, 2.24) is 9.80 Å². The number of carbonyl (C=O) groups excluding carboxylic acids is 1. The van der Waals surface area contributed by atoms with E-state index in [0.717, 1.165) is 31.5 Å². The van der Waals surface area contributed by atoms with Gasteiger partial charge in [-0.3, -0.25) is 9.69 Å². The van der Waals surface area contributed by atoms with E-state index in [9.17, 15) is 9.90 Å². The number of piperidine rings is 1. The highest BCUT2D eigenvalue weighted by Gasteiger charge is 2.32. The number of likely N-dealkylation sites (N-methyl/N-ethyl adjacent to an activating group) is 1. The zero-order chi connectivity index (χ0) is 15.4. The lowest BCUT2D eigenvalue weighted by molar-refractivity contribution is -0.135. The van der Waals surface area contributed by atoms with E-state index in [1.165, 1.54) is 0 Å². The molecule has 0 radical (unpaired) electrons. The molecule has 116 valence electrons. The molecule has 1 fully saturated rings. The average molecular weight is 290 g/mol. The standard InChI is InChI=1S/C17H26N2O2/c1-13(20)14-9-11-19(12-10-14)16(17(21)18(2)3)15-7-5-4-6-8-15/h4-8,13-14,16,20H,9-12H2,1-3H3. The summed E-state index contributed by atoms with van der Waals surface area (Å²) in [6, 6.07) is 9.76. The Morgan fingerprint density at radius 3 is 2.29 bits per heavy atom. The van der Waals surface area contributed by atoms with E-state index in [-0.39, 0.29) is 18.1 Å². The number of rotatable bonds is 4. The number of likely N-dealkylation sites (tertiary alicyclic amines) is 1. The van der Waals surface area contributed by atoms with Gasteiger partial charge in [0.1, 0.15) is 6.04 Å². The van der Waals surface area contributed by atoms with Crippen molar-refractivity contribution in [2.75, 3.05) is 27.2 Å². The Morgan fingerprint density at radius 2 is 1.81 bits per heavy atom. The van der Waals surface area contributed by atoms with Crippen LogP contribution in [0.2, 0.25) is 0 Å². The molecule has 1 N–H and O–H groups in total. The van der Waals surface area contributed by atoms with Gasteiger partial charge in [-0.1, -0.05) is 30.3 Å². The minimum Gasteiger partial charge on any atom is -0.393 e. The second-order valence-corrected chi connectivity index (χ2v) is 6.16. The van der Waals surface area contributed by atoms with Gasteiger partial charge in [-0.2, -0.15) is 0 Å². The zero-order valence-corrected chi connectivity index (χ0v) is 13.2. The Hall–Kier alpha value is -1.39. The van der Waals surface area contributed by atoms with Crippen LogP contribution in [-0.2, 0) is 4.79 Å². The fourth-order valence-electron chi connectivity index (χ4n) is 3.05. The molecular weight excluding hydrogens is 264 g/mol. The van der Waals surface area contributed by atoms with E-state index in [2.05, 4.69) is 4.90 Å². The summed E-state index contributed by atoms with van der Waals surface area (Å²) in [5, 5.41) is 9.72. The number of hydrogen-bond acceptors (Lipinski definition) is 3. The van der Waals surface area contributed by atoms with E-state index in [1.54, 1.807) is 19.0 Å². The quantitative estimate of drug-likeness (QED) is 0.921. The predicted octanol–water partition coefficient (Wildman–Crippen LogP) is 1.91. The Kier molecular flexibility index (Phi) is 5.37. The van der Waals surface area contributed by atoms with Crippen LogP contribution in [0.5, 0.6) is 0 Å². The van der Waals surface area contributed by atoms with Gasteiger partial charge in [-0.05, 0) is 44.3 Å². The molecule has 1 saturated heterocycles. The maximum atomic E-state index is 12.6. The highest BCUT2D eigenvalue weighted by molar-refractivity contribution is 5.82. The Bertz CT molecular complexity index is 451. The summed E-state index contributed by atoms with van der Waals surface area (Å²) in [6.45, 7) is 3.57. The molecule has 1 heterocycles. The number of amides is 1. The van der Waals surface area contributed by atoms with Gasteiger partial charge in [-0.25, -0.2) is 0 Å². The molecule has 21 heavy (non-hydrogen) atoms. The Morgan fingerprint density at radius 1 is 1.24 bits per heavy atom. The molecule has 0 saturated carbocycles. The Balaban J connectivity index is 2.16. The molecule has 1 aromatic carbocycles. The summed E-state index contributed by atoms with van der Waals surface area (Å²) in [6.07, 6.45) is 1.63.